The van der Waals surface area contributed by atoms with Gasteiger partial charge in [-0.25, -0.2) is 22.7 Å². The number of sulfonamides is 1. The molecule has 0 saturated carbocycles. The van der Waals surface area contributed by atoms with Crippen molar-refractivity contribution in [2.45, 2.75) is 71.1 Å². The maximum Gasteiger partial charge on any atom is 0.417 e. The van der Waals surface area contributed by atoms with Gasteiger partial charge in [-0.1, -0.05) is 6.07 Å². The van der Waals surface area contributed by atoms with Crippen LogP contribution in [0.25, 0.3) is 4.91 Å². The van der Waals surface area contributed by atoms with E-state index in [1.165, 1.54) is 24.4 Å². The zero-order valence-electron chi connectivity index (χ0n) is 19.9. The van der Waals surface area contributed by atoms with Crippen molar-refractivity contribution in [3.05, 3.63) is 30.0 Å². The molecule has 1 aromatic rings. The topological polar surface area (TPSA) is 135 Å². The standard InChI is InChI=1S/C21H32N4O6S2/c1-13(2)30-19(26)23-15-9-10-16(18(11-15)33(28,29)25-21(5,6)7)17(12-22-8)32-24-20(27)31-14(3)4/h9-14,25H,8H2,1-7H3,(H,23,26)(H,24,27)/b17-12-. The molecule has 0 fully saturated rings. The quantitative estimate of drug-likeness (QED) is 0.335. The fourth-order valence-electron chi connectivity index (χ4n) is 2.41. The van der Waals surface area contributed by atoms with Crippen LogP contribution in [0.15, 0.2) is 34.3 Å². The molecule has 33 heavy (non-hydrogen) atoms. The Bertz CT molecular complexity index is 998. The highest BCUT2D eigenvalue weighted by Gasteiger charge is 2.27. The minimum Gasteiger partial charge on any atom is -0.447 e. The number of benzene rings is 1. The number of nitrogens with zero attached hydrogens (tertiary/aromatic N) is 1. The minimum absolute atomic E-state index is 0.138. The van der Waals surface area contributed by atoms with Crippen molar-refractivity contribution >= 4 is 51.5 Å². The van der Waals surface area contributed by atoms with Crippen molar-refractivity contribution in [2.75, 3.05) is 5.32 Å². The largest absolute Gasteiger partial charge is 0.447 e. The highest BCUT2D eigenvalue weighted by molar-refractivity contribution is 8.07. The maximum absolute atomic E-state index is 13.2. The van der Waals surface area contributed by atoms with Crippen LogP contribution in [0.1, 0.15) is 54.0 Å². The van der Waals surface area contributed by atoms with Gasteiger partial charge in [-0.15, -0.1) is 0 Å². The Morgan fingerprint density at radius 2 is 1.67 bits per heavy atom. The molecule has 3 N–H and O–H groups in total. The van der Waals surface area contributed by atoms with E-state index < -0.39 is 27.7 Å². The molecule has 0 aliphatic rings. The Balaban J connectivity index is 3.46. The average molecular weight is 501 g/mol. The van der Waals surface area contributed by atoms with Gasteiger partial charge in [0.05, 0.1) is 22.0 Å². The molecule has 0 atom stereocenters. The maximum atomic E-state index is 13.2. The molecule has 1 rings (SSSR count). The smallest absolute Gasteiger partial charge is 0.417 e. The zero-order chi connectivity index (χ0) is 25.4. The van der Waals surface area contributed by atoms with Gasteiger partial charge in [0.15, 0.2) is 0 Å². The normalized spacial score (nSPS) is 12.5. The molecule has 0 heterocycles. The molecule has 12 heteroatoms. The summed E-state index contributed by atoms with van der Waals surface area (Å²) in [7, 11) is -4.05. The number of anilines is 1. The number of amides is 2. The van der Waals surface area contributed by atoms with E-state index >= 15 is 0 Å². The van der Waals surface area contributed by atoms with Gasteiger partial charge < -0.3 is 9.47 Å². The SMILES string of the molecule is C=N/C=C(\SNC(=O)OC(C)C)c1ccc(NC(=O)OC(C)C)cc1S(=O)(=O)NC(C)(C)C. The first-order chi connectivity index (χ1) is 15.1. The first-order valence-corrected chi connectivity index (χ1v) is 12.4. The average Bonchev–Trinajstić information content (AvgIpc) is 2.62. The summed E-state index contributed by atoms with van der Waals surface area (Å²) in [5, 5.41) is 2.51. The number of hydrogen-bond donors (Lipinski definition) is 3. The lowest BCUT2D eigenvalue weighted by Crippen LogP contribution is -2.40. The molecular formula is C21H32N4O6S2. The minimum atomic E-state index is -4.05. The van der Waals surface area contributed by atoms with E-state index in [0.717, 1.165) is 11.9 Å². The molecule has 0 unspecified atom stereocenters. The van der Waals surface area contributed by atoms with Crippen LogP contribution in [0.2, 0.25) is 0 Å². The van der Waals surface area contributed by atoms with Crippen LogP contribution < -0.4 is 14.8 Å². The van der Waals surface area contributed by atoms with Crippen LogP contribution in [0.3, 0.4) is 0 Å². The number of ether oxygens (including phenoxy) is 2. The molecule has 0 saturated heterocycles. The molecule has 10 nitrogen and oxygen atoms in total. The number of rotatable bonds is 9. The van der Waals surface area contributed by atoms with Gasteiger partial charge in [0.1, 0.15) is 0 Å². The van der Waals surface area contributed by atoms with Gasteiger partial charge in [-0.2, -0.15) is 0 Å². The predicted octanol–water partition coefficient (Wildman–Crippen LogP) is 4.50. The number of nitrogens with one attached hydrogen (secondary N) is 3. The highest BCUT2D eigenvalue weighted by Crippen LogP contribution is 2.33. The lowest BCUT2D eigenvalue weighted by molar-refractivity contribution is 0.122. The van der Waals surface area contributed by atoms with Crippen LogP contribution in [-0.4, -0.2) is 45.1 Å². The summed E-state index contributed by atoms with van der Waals surface area (Å²) in [4.78, 5) is 27.8. The van der Waals surface area contributed by atoms with Gasteiger partial charge >= 0.3 is 12.2 Å². The van der Waals surface area contributed by atoms with E-state index in [1.54, 1.807) is 48.5 Å². The van der Waals surface area contributed by atoms with Crippen LogP contribution in [0.5, 0.6) is 0 Å². The lowest BCUT2D eigenvalue weighted by atomic mass is 10.1. The van der Waals surface area contributed by atoms with Gasteiger partial charge in [0.2, 0.25) is 10.0 Å². The van der Waals surface area contributed by atoms with E-state index in [9.17, 15) is 18.0 Å². The molecule has 0 spiro atoms. The second kappa shape index (κ2) is 12.1. The Morgan fingerprint density at radius 3 is 2.18 bits per heavy atom. The van der Waals surface area contributed by atoms with E-state index in [1.807, 2.05) is 0 Å². The third-order valence-corrected chi connectivity index (χ3v) is 5.97. The van der Waals surface area contributed by atoms with Crippen molar-refractivity contribution in [2.24, 2.45) is 4.99 Å². The monoisotopic (exact) mass is 500 g/mol. The second-order valence-corrected chi connectivity index (χ2v) is 11.0. The third-order valence-electron chi connectivity index (χ3n) is 3.36. The summed E-state index contributed by atoms with van der Waals surface area (Å²) in [6.45, 7) is 15.3. The van der Waals surface area contributed by atoms with E-state index in [0.29, 0.717) is 0 Å². The molecular weight excluding hydrogens is 468 g/mol. The van der Waals surface area contributed by atoms with Crippen molar-refractivity contribution in [3.63, 3.8) is 0 Å². The summed E-state index contributed by atoms with van der Waals surface area (Å²) >= 11 is 0.824. The van der Waals surface area contributed by atoms with Crippen LogP contribution in [0, 0.1) is 0 Å². The van der Waals surface area contributed by atoms with Gasteiger partial charge in [0, 0.05) is 23.0 Å². The number of aliphatic imine (C=N–C) groups is 1. The van der Waals surface area contributed by atoms with Gasteiger partial charge in [-0.3, -0.25) is 15.0 Å². The van der Waals surface area contributed by atoms with E-state index in [2.05, 4.69) is 26.5 Å². The second-order valence-electron chi connectivity index (χ2n) is 8.48. The summed E-state index contributed by atoms with van der Waals surface area (Å²) in [5.74, 6) is 0. The predicted molar refractivity (Wildman–Crippen MR) is 132 cm³/mol. The van der Waals surface area contributed by atoms with E-state index in [4.69, 9.17) is 9.47 Å². The van der Waals surface area contributed by atoms with Gasteiger partial charge in [0.25, 0.3) is 0 Å². The fraction of sp³-hybridized carbons (Fsp3) is 0.476. The van der Waals surface area contributed by atoms with Crippen molar-refractivity contribution in [3.8, 4) is 0 Å². The van der Waals surface area contributed by atoms with Crippen LogP contribution in [-0.2, 0) is 19.5 Å². The molecule has 0 bridgehead atoms. The molecule has 0 radical (unpaired) electrons. The van der Waals surface area contributed by atoms with Crippen molar-refractivity contribution < 1.29 is 27.5 Å². The fourth-order valence-corrected chi connectivity index (χ4v) is 4.80. The lowest BCUT2D eigenvalue weighted by Gasteiger charge is -2.22. The van der Waals surface area contributed by atoms with E-state index in [-0.39, 0.29) is 33.3 Å². The van der Waals surface area contributed by atoms with Gasteiger partial charge in [-0.05, 0) is 79.3 Å². The highest BCUT2D eigenvalue weighted by atomic mass is 32.2. The zero-order valence-corrected chi connectivity index (χ0v) is 21.5. The first kappa shape index (κ1) is 28.5. The molecule has 0 aliphatic carbocycles. The van der Waals surface area contributed by atoms with Crippen LogP contribution in [0.4, 0.5) is 15.3 Å². The number of hydrogen-bond acceptors (Lipinski definition) is 8. The Labute approximate surface area is 199 Å². The first-order valence-electron chi connectivity index (χ1n) is 10.1. The molecule has 0 aromatic heterocycles. The molecule has 0 aliphatic heterocycles. The van der Waals surface area contributed by atoms with Crippen molar-refractivity contribution in [1.29, 1.82) is 0 Å². The number of carbonyl (C=O) groups excluding carboxylic acids is 2. The van der Waals surface area contributed by atoms with Crippen molar-refractivity contribution in [1.82, 2.24) is 9.44 Å². The number of carbonyl (C=O) groups is 2. The Kier molecular flexibility index (Phi) is 10.4. The summed E-state index contributed by atoms with van der Waals surface area (Å²) < 4.78 is 41.6. The molecule has 184 valence electrons. The van der Waals surface area contributed by atoms with Crippen LogP contribution >= 0.6 is 11.9 Å². The third kappa shape index (κ3) is 10.3. The Morgan fingerprint density at radius 1 is 1.09 bits per heavy atom. The Hall–Kier alpha value is -2.57. The summed E-state index contributed by atoms with van der Waals surface area (Å²) in [6, 6.07) is 4.30. The molecule has 2 amide bonds. The molecule has 1 aromatic carbocycles. The summed E-state index contributed by atoms with van der Waals surface area (Å²) in [5.41, 5.74) is -0.332. The summed E-state index contributed by atoms with van der Waals surface area (Å²) in [6.07, 6.45) is -0.793.